The molecular formula is C11H23N. The summed E-state index contributed by atoms with van der Waals surface area (Å²) in [6.45, 7) is 10.4. The second kappa shape index (κ2) is 5.36. The smallest absolute Gasteiger partial charge is 0.00902 e. The minimum Gasteiger partial charge on any atom is -0.327 e. The summed E-state index contributed by atoms with van der Waals surface area (Å²) >= 11 is 0. The van der Waals surface area contributed by atoms with Gasteiger partial charge in [-0.3, -0.25) is 0 Å². The second-order valence-corrected chi connectivity index (χ2v) is 4.17. The minimum absolute atomic E-state index is 0.293. The Morgan fingerprint density at radius 3 is 2.50 bits per heavy atom. The fraction of sp³-hybridized carbons (Fsp3) is 0.818. The summed E-state index contributed by atoms with van der Waals surface area (Å²) in [6, 6.07) is 0.336. The van der Waals surface area contributed by atoms with Gasteiger partial charge >= 0.3 is 0 Å². The first-order valence-electron chi connectivity index (χ1n) is 4.91. The Labute approximate surface area is 77.0 Å². The number of allylic oxidation sites excluding steroid dienone is 1. The van der Waals surface area contributed by atoms with Gasteiger partial charge in [0.2, 0.25) is 0 Å². The van der Waals surface area contributed by atoms with E-state index in [1.54, 1.807) is 0 Å². The molecule has 1 heteroatoms. The summed E-state index contributed by atoms with van der Waals surface area (Å²) in [5.74, 6) is 0. The standard InChI is InChI=1S/C11H23N/c1-5-7-8-9-10(12)11(3,4)6-2/h5,10H,1,6-9,12H2,2-4H3. The van der Waals surface area contributed by atoms with Crippen LogP contribution in [0.25, 0.3) is 0 Å². The van der Waals surface area contributed by atoms with Crippen LogP contribution in [0.4, 0.5) is 0 Å². The third-order valence-electron chi connectivity index (χ3n) is 2.84. The van der Waals surface area contributed by atoms with Crippen LogP contribution in [0.3, 0.4) is 0 Å². The van der Waals surface area contributed by atoms with Crippen molar-refractivity contribution in [3.63, 3.8) is 0 Å². The van der Waals surface area contributed by atoms with Gasteiger partial charge in [-0.15, -0.1) is 6.58 Å². The molecule has 0 amide bonds. The lowest BCUT2D eigenvalue weighted by atomic mass is 9.80. The highest BCUT2D eigenvalue weighted by molar-refractivity contribution is 4.80. The molecule has 0 bridgehead atoms. The van der Waals surface area contributed by atoms with Crippen molar-refractivity contribution in [1.29, 1.82) is 0 Å². The molecule has 0 radical (unpaired) electrons. The van der Waals surface area contributed by atoms with E-state index in [4.69, 9.17) is 5.73 Å². The van der Waals surface area contributed by atoms with Gasteiger partial charge < -0.3 is 5.73 Å². The molecule has 1 nitrogen and oxygen atoms in total. The Bertz CT molecular complexity index is 127. The lowest BCUT2D eigenvalue weighted by molar-refractivity contribution is 0.259. The monoisotopic (exact) mass is 169 g/mol. The van der Waals surface area contributed by atoms with Crippen LogP contribution in [0.2, 0.25) is 0 Å². The summed E-state index contributed by atoms with van der Waals surface area (Å²) in [7, 11) is 0. The largest absolute Gasteiger partial charge is 0.327 e. The van der Waals surface area contributed by atoms with Crippen molar-refractivity contribution in [2.24, 2.45) is 11.1 Å². The number of rotatable bonds is 6. The summed E-state index contributed by atoms with van der Waals surface area (Å²) in [4.78, 5) is 0. The number of unbranched alkanes of at least 4 members (excludes halogenated alkanes) is 1. The SMILES string of the molecule is C=CCCCC(N)C(C)(C)CC. The van der Waals surface area contributed by atoms with Crippen molar-refractivity contribution >= 4 is 0 Å². The minimum atomic E-state index is 0.293. The molecule has 0 aromatic carbocycles. The van der Waals surface area contributed by atoms with Gasteiger partial charge in [0.25, 0.3) is 0 Å². The summed E-state index contributed by atoms with van der Waals surface area (Å²) in [5.41, 5.74) is 6.36. The highest BCUT2D eigenvalue weighted by Gasteiger charge is 2.23. The summed E-state index contributed by atoms with van der Waals surface area (Å²) < 4.78 is 0. The van der Waals surface area contributed by atoms with Crippen molar-refractivity contribution < 1.29 is 0 Å². The maximum Gasteiger partial charge on any atom is 0.00902 e. The third kappa shape index (κ3) is 3.91. The third-order valence-corrected chi connectivity index (χ3v) is 2.84. The van der Waals surface area contributed by atoms with Gasteiger partial charge in [-0.05, 0) is 31.1 Å². The molecule has 0 spiro atoms. The van der Waals surface area contributed by atoms with Crippen molar-refractivity contribution in [3.05, 3.63) is 12.7 Å². The Morgan fingerprint density at radius 2 is 2.08 bits per heavy atom. The first kappa shape index (κ1) is 11.7. The molecule has 0 saturated heterocycles. The van der Waals surface area contributed by atoms with E-state index in [0.717, 1.165) is 19.3 Å². The van der Waals surface area contributed by atoms with E-state index in [2.05, 4.69) is 27.4 Å². The van der Waals surface area contributed by atoms with Crippen molar-refractivity contribution in [2.75, 3.05) is 0 Å². The quantitative estimate of drug-likeness (QED) is 0.480. The van der Waals surface area contributed by atoms with E-state index in [0.29, 0.717) is 11.5 Å². The number of nitrogens with two attached hydrogens (primary N) is 1. The topological polar surface area (TPSA) is 26.0 Å². The normalized spacial score (nSPS) is 14.3. The average molecular weight is 169 g/mol. The van der Waals surface area contributed by atoms with Gasteiger partial charge in [-0.2, -0.15) is 0 Å². The fourth-order valence-corrected chi connectivity index (χ4v) is 1.14. The molecule has 1 unspecified atom stereocenters. The van der Waals surface area contributed by atoms with Crippen LogP contribution in [0.5, 0.6) is 0 Å². The van der Waals surface area contributed by atoms with Crippen LogP contribution in [-0.2, 0) is 0 Å². The molecule has 2 N–H and O–H groups in total. The molecule has 0 fully saturated rings. The Hall–Kier alpha value is -0.300. The highest BCUT2D eigenvalue weighted by Crippen LogP contribution is 2.26. The Morgan fingerprint density at radius 1 is 1.50 bits per heavy atom. The lowest BCUT2D eigenvalue weighted by Crippen LogP contribution is -2.36. The number of hydrogen-bond donors (Lipinski definition) is 1. The van der Waals surface area contributed by atoms with E-state index < -0.39 is 0 Å². The zero-order valence-electron chi connectivity index (χ0n) is 8.77. The van der Waals surface area contributed by atoms with E-state index in [9.17, 15) is 0 Å². The first-order chi connectivity index (χ1) is 5.54. The molecule has 0 aromatic rings. The van der Waals surface area contributed by atoms with Gasteiger partial charge in [0, 0.05) is 6.04 Å². The molecular weight excluding hydrogens is 146 g/mol. The molecule has 72 valence electrons. The van der Waals surface area contributed by atoms with Crippen molar-refractivity contribution in [1.82, 2.24) is 0 Å². The highest BCUT2D eigenvalue weighted by atomic mass is 14.7. The molecule has 0 aromatic heterocycles. The van der Waals surface area contributed by atoms with Crippen LogP contribution in [0, 0.1) is 5.41 Å². The fourth-order valence-electron chi connectivity index (χ4n) is 1.14. The molecule has 1 atom stereocenters. The molecule has 0 aliphatic heterocycles. The van der Waals surface area contributed by atoms with Crippen LogP contribution in [0.15, 0.2) is 12.7 Å². The van der Waals surface area contributed by atoms with E-state index in [1.165, 1.54) is 6.42 Å². The summed E-state index contributed by atoms with van der Waals surface area (Å²) in [5, 5.41) is 0. The molecule has 0 rings (SSSR count). The Balaban J connectivity index is 3.70. The van der Waals surface area contributed by atoms with Crippen LogP contribution < -0.4 is 5.73 Å². The molecule has 0 aliphatic carbocycles. The average Bonchev–Trinajstić information content (AvgIpc) is 2.05. The van der Waals surface area contributed by atoms with Crippen molar-refractivity contribution in [3.8, 4) is 0 Å². The van der Waals surface area contributed by atoms with Crippen LogP contribution >= 0.6 is 0 Å². The second-order valence-electron chi connectivity index (χ2n) is 4.17. The predicted octanol–water partition coefficient (Wildman–Crippen LogP) is 3.11. The van der Waals surface area contributed by atoms with E-state index in [-0.39, 0.29) is 0 Å². The van der Waals surface area contributed by atoms with E-state index >= 15 is 0 Å². The molecule has 12 heavy (non-hydrogen) atoms. The zero-order valence-corrected chi connectivity index (χ0v) is 8.77. The van der Waals surface area contributed by atoms with Crippen LogP contribution in [-0.4, -0.2) is 6.04 Å². The Kier molecular flexibility index (Phi) is 5.23. The first-order valence-corrected chi connectivity index (χ1v) is 4.91. The molecule has 0 aliphatic rings. The number of hydrogen-bond acceptors (Lipinski definition) is 1. The molecule has 0 heterocycles. The molecule has 0 saturated carbocycles. The maximum absolute atomic E-state index is 6.07. The van der Waals surface area contributed by atoms with E-state index in [1.807, 2.05) is 6.08 Å². The lowest BCUT2D eigenvalue weighted by Gasteiger charge is -2.30. The van der Waals surface area contributed by atoms with Crippen molar-refractivity contribution in [2.45, 2.75) is 52.5 Å². The zero-order chi connectivity index (χ0) is 9.61. The van der Waals surface area contributed by atoms with Gasteiger partial charge in [-0.1, -0.05) is 26.8 Å². The van der Waals surface area contributed by atoms with Gasteiger partial charge in [0.05, 0.1) is 0 Å². The predicted molar refractivity (Wildman–Crippen MR) is 56.1 cm³/mol. The summed E-state index contributed by atoms with van der Waals surface area (Å²) in [6.07, 6.45) is 6.50. The maximum atomic E-state index is 6.07. The van der Waals surface area contributed by atoms with Gasteiger partial charge in [-0.25, -0.2) is 0 Å². The van der Waals surface area contributed by atoms with Gasteiger partial charge in [0.15, 0.2) is 0 Å². The van der Waals surface area contributed by atoms with Crippen LogP contribution in [0.1, 0.15) is 46.5 Å². The van der Waals surface area contributed by atoms with Gasteiger partial charge in [0.1, 0.15) is 0 Å².